The summed E-state index contributed by atoms with van der Waals surface area (Å²) in [6.07, 6.45) is 4.42. The van der Waals surface area contributed by atoms with Gasteiger partial charge in [-0.25, -0.2) is 9.37 Å². The molecule has 3 nitrogen and oxygen atoms in total. The Balaban J connectivity index is 1.78. The van der Waals surface area contributed by atoms with E-state index < -0.39 is 0 Å². The molecule has 2 rings (SSSR count). The molecule has 0 amide bonds. The maximum atomic E-state index is 12.9. The van der Waals surface area contributed by atoms with Crippen molar-refractivity contribution in [3.05, 3.63) is 53.4 Å². The monoisotopic (exact) mass is 233 g/mol. The first-order valence-corrected chi connectivity index (χ1v) is 5.68. The smallest absolute Gasteiger partial charge is 0.123 e. The highest BCUT2D eigenvalue weighted by molar-refractivity contribution is 5.26. The van der Waals surface area contributed by atoms with Crippen LogP contribution in [0.3, 0.4) is 0 Å². The molecule has 17 heavy (non-hydrogen) atoms. The SMILES string of the molecule is Cc1cc(F)ccc1CNCCc1cnc[nH]1. The fourth-order valence-corrected chi connectivity index (χ4v) is 1.73. The highest BCUT2D eigenvalue weighted by Crippen LogP contribution is 2.09. The molecule has 2 aromatic rings. The molecule has 0 saturated heterocycles. The Morgan fingerprint density at radius 3 is 3.00 bits per heavy atom. The van der Waals surface area contributed by atoms with E-state index in [0.717, 1.165) is 36.3 Å². The van der Waals surface area contributed by atoms with E-state index in [1.54, 1.807) is 12.4 Å². The molecule has 0 bridgehead atoms. The zero-order chi connectivity index (χ0) is 12.1. The van der Waals surface area contributed by atoms with Crippen molar-refractivity contribution >= 4 is 0 Å². The molecule has 0 spiro atoms. The maximum Gasteiger partial charge on any atom is 0.123 e. The lowest BCUT2D eigenvalue weighted by Gasteiger charge is -2.07. The van der Waals surface area contributed by atoms with Gasteiger partial charge < -0.3 is 10.3 Å². The third kappa shape index (κ3) is 3.39. The second-order valence-corrected chi connectivity index (χ2v) is 4.07. The molecule has 2 N–H and O–H groups in total. The van der Waals surface area contributed by atoms with E-state index >= 15 is 0 Å². The first-order valence-electron chi connectivity index (χ1n) is 5.68. The lowest BCUT2D eigenvalue weighted by Crippen LogP contribution is -2.17. The first kappa shape index (κ1) is 11.8. The first-order chi connectivity index (χ1) is 8.25. The highest BCUT2D eigenvalue weighted by atomic mass is 19.1. The molecule has 0 unspecified atom stereocenters. The Bertz CT molecular complexity index is 466. The minimum absolute atomic E-state index is 0.177. The number of rotatable bonds is 5. The number of halogens is 1. The molecule has 0 fully saturated rings. The van der Waals surface area contributed by atoms with E-state index in [4.69, 9.17) is 0 Å². The summed E-state index contributed by atoms with van der Waals surface area (Å²) in [7, 11) is 0. The average molecular weight is 233 g/mol. The van der Waals surface area contributed by atoms with E-state index in [2.05, 4.69) is 15.3 Å². The molecule has 0 atom stereocenters. The molecule has 1 heterocycles. The van der Waals surface area contributed by atoms with Crippen LogP contribution in [0.4, 0.5) is 4.39 Å². The standard InChI is InChI=1S/C13H16FN3/c1-10-6-12(14)3-2-11(10)7-15-5-4-13-8-16-9-17-13/h2-3,6,8-9,15H,4-5,7H2,1H3,(H,16,17). The molecule has 0 aliphatic rings. The van der Waals surface area contributed by atoms with Gasteiger partial charge >= 0.3 is 0 Å². The molecule has 90 valence electrons. The van der Waals surface area contributed by atoms with Crippen LogP contribution < -0.4 is 5.32 Å². The normalized spacial score (nSPS) is 10.7. The predicted octanol–water partition coefficient (Wildman–Crippen LogP) is 2.19. The molecule has 1 aromatic heterocycles. The van der Waals surface area contributed by atoms with Gasteiger partial charge in [-0.15, -0.1) is 0 Å². The van der Waals surface area contributed by atoms with Gasteiger partial charge in [-0.1, -0.05) is 6.07 Å². The highest BCUT2D eigenvalue weighted by Gasteiger charge is 2.00. The van der Waals surface area contributed by atoms with Gasteiger partial charge in [0.1, 0.15) is 5.82 Å². The van der Waals surface area contributed by atoms with Crippen LogP contribution in [0.25, 0.3) is 0 Å². The number of aromatic amines is 1. The molecule has 4 heteroatoms. The molecule has 0 aliphatic carbocycles. The van der Waals surface area contributed by atoms with E-state index in [-0.39, 0.29) is 5.82 Å². The van der Waals surface area contributed by atoms with Crippen molar-refractivity contribution in [2.75, 3.05) is 6.54 Å². The Morgan fingerprint density at radius 2 is 2.29 bits per heavy atom. The number of hydrogen-bond donors (Lipinski definition) is 2. The molecule has 0 aliphatic heterocycles. The molecule has 1 aromatic carbocycles. The number of benzene rings is 1. The fraction of sp³-hybridized carbons (Fsp3) is 0.308. The summed E-state index contributed by atoms with van der Waals surface area (Å²) in [5, 5.41) is 3.33. The molecular weight excluding hydrogens is 217 g/mol. The summed E-state index contributed by atoms with van der Waals surface area (Å²) in [6, 6.07) is 4.89. The van der Waals surface area contributed by atoms with E-state index in [1.807, 2.05) is 19.2 Å². The zero-order valence-electron chi connectivity index (χ0n) is 9.83. The third-order valence-electron chi connectivity index (χ3n) is 2.75. The summed E-state index contributed by atoms with van der Waals surface area (Å²) in [4.78, 5) is 7.01. The van der Waals surface area contributed by atoms with E-state index in [1.165, 1.54) is 6.07 Å². The molecular formula is C13H16FN3. The minimum atomic E-state index is -0.177. The van der Waals surface area contributed by atoms with Crippen LogP contribution in [0.15, 0.2) is 30.7 Å². The molecule has 0 saturated carbocycles. The van der Waals surface area contributed by atoms with Gasteiger partial charge in [-0.3, -0.25) is 0 Å². The third-order valence-corrected chi connectivity index (χ3v) is 2.75. The van der Waals surface area contributed by atoms with Gasteiger partial charge in [0.2, 0.25) is 0 Å². The summed E-state index contributed by atoms with van der Waals surface area (Å²) >= 11 is 0. The minimum Gasteiger partial charge on any atom is -0.348 e. The van der Waals surface area contributed by atoms with Crippen molar-refractivity contribution < 1.29 is 4.39 Å². The van der Waals surface area contributed by atoms with Gasteiger partial charge in [-0.05, 0) is 30.2 Å². The number of aromatic nitrogens is 2. The van der Waals surface area contributed by atoms with Crippen LogP contribution in [0.5, 0.6) is 0 Å². The van der Waals surface area contributed by atoms with Gasteiger partial charge in [-0.2, -0.15) is 0 Å². The van der Waals surface area contributed by atoms with Crippen molar-refractivity contribution in [3.8, 4) is 0 Å². The van der Waals surface area contributed by atoms with Crippen LogP contribution in [0.2, 0.25) is 0 Å². The largest absolute Gasteiger partial charge is 0.348 e. The Hall–Kier alpha value is -1.68. The summed E-state index contributed by atoms with van der Waals surface area (Å²) < 4.78 is 12.9. The second-order valence-electron chi connectivity index (χ2n) is 4.07. The lowest BCUT2D eigenvalue weighted by atomic mass is 10.1. The van der Waals surface area contributed by atoms with E-state index in [9.17, 15) is 4.39 Å². The second kappa shape index (κ2) is 5.59. The predicted molar refractivity (Wildman–Crippen MR) is 65.1 cm³/mol. The summed E-state index contributed by atoms with van der Waals surface area (Å²) in [5.74, 6) is -0.177. The van der Waals surface area contributed by atoms with Crippen molar-refractivity contribution in [1.29, 1.82) is 0 Å². The maximum absolute atomic E-state index is 12.9. The topological polar surface area (TPSA) is 40.7 Å². The number of nitrogens with zero attached hydrogens (tertiary/aromatic N) is 1. The average Bonchev–Trinajstić information content (AvgIpc) is 2.79. The quantitative estimate of drug-likeness (QED) is 0.777. The number of hydrogen-bond acceptors (Lipinski definition) is 2. The van der Waals surface area contributed by atoms with Crippen molar-refractivity contribution in [2.45, 2.75) is 19.9 Å². The van der Waals surface area contributed by atoms with Crippen LogP contribution >= 0.6 is 0 Å². The molecule has 0 radical (unpaired) electrons. The van der Waals surface area contributed by atoms with Crippen LogP contribution in [-0.2, 0) is 13.0 Å². The summed E-state index contributed by atoms with van der Waals surface area (Å²) in [6.45, 7) is 3.56. The summed E-state index contributed by atoms with van der Waals surface area (Å²) in [5.41, 5.74) is 3.24. The van der Waals surface area contributed by atoms with Gasteiger partial charge in [0.05, 0.1) is 6.33 Å². The Morgan fingerprint density at radius 1 is 1.41 bits per heavy atom. The Kier molecular flexibility index (Phi) is 3.88. The zero-order valence-corrected chi connectivity index (χ0v) is 9.83. The number of imidazole rings is 1. The number of nitrogens with one attached hydrogen (secondary N) is 2. The number of aryl methyl sites for hydroxylation is 1. The fourth-order valence-electron chi connectivity index (χ4n) is 1.73. The Labute approximate surface area is 100 Å². The van der Waals surface area contributed by atoms with Gasteiger partial charge in [0, 0.05) is 31.4 Å². The van der Waals surface area contributed by atoms with Crippen LogP contribution in [-0.4, -0.2) is 16.5 Å². The lowest BCUT2D eigenvalue weighted by molar-refractivity contribution is 0.622. The van der Waals surface area contributed by atoms with Crippen molar-refractivity contribution in [2.24, 2.45) is 0 Å². The number of H-pyrrole nitrogens is 1. The van der Waals surface area contributed by atoms with Gasteiger partial charge in [0.25, 0.3) is 0 Å². The van der Waals surface area contributed by atoms with E-state index in [0.29, 0.717) is 0 Å². The van der Waals surface area contributed by atoms with Crippen molar-refractivity contribution in [1.82, 2.24) is 15.3 Å². The van der Waals surface area contributed by atoms with Gasteiger partial charge in [0.15, 0.2) is 0 Å². The van der Waals surface area contributed by atoms with Crippen LogP contribution in [0, 0.1) is 12.7 Å². The van der Waals surface area contributed by atoms with Crippen LogP contribution in [0.1, 0.15) is 16.8 Å². The van der Waals surface area contributed by atoms with Crippen molar-refractivity contribution in [3.63, 3.8) is 0 Å².